The van der Waals surface area contributed by atoms with Gasteiger partial charge in [0.15, 0.2) is 0 Å². The number of esters is 1. The number of nitrogens with zero attached hydrogens (tertiary/aromatic N) is 1. The molecular formula is C13H12FNO3. The second-order valence-corrected chi connectivity index (χ2v) is 3.79. The maximum absolute atomic E-state index is 13.1. The average Bonchev–Trinajstić information content (AvgIpc) is 2.71. The van der Waals surface area contributed by atoms with E-state index in [2.05, 4.69) is 9.72 Å². The van der Waals surface area contributed by atoms with E-state index in [1.807, 2.05) is 0 Å². The molecule has 2 aromatic rings. The standard InChI is InChI=1S/C13H12FNO3/c1-8-11(7-12(16)17-2)15-13(18-8)9-4-3-5-10(14)6-9/h3-6H,7H2,1-2H3. The van der Waals surface area contributed by atoms with E-state index < -0.39 is 5.97 Å². The predicted molar refractivity (Wildman–Crippen MR) is 62.4 cm³/mol. The normalized spacial score (nSPS) is 10.4. The van der Waals surface area contributed by atoms with Crippen molar-refractivity contribution in [2.75, 3.05) is 7.11 Å². The maximum atomic E-state index is 13.1. The molecule has 94 valence electrons. The van der Waals surface area contributed by atoms with Gasteiger partial charge in [-0.25, -0.2) is 9.37 Å². The van der Waals surface area contributed by atoms with E-state index in [9.17, 15) is 9.18 Å². The van der Waals surface area contributed by atoms with Gasteiger partial charge in [0.1, 0.15) is 11.6 Å². The number of aryl methyl sites for hydroxylation is 1. The first-order chi connectivity index (χ1) is 8.60. The molecule has 0 aliphatic carbocycles. The number of hydrogen-bond acceptors (Lipinski definition) is 4. The number of aromatic nitrogens is 1. The molecule has 0 spiro atoms. The number of carbonyl (C=O) groups is 1. The molecule has 0 unspecified atom stereocenters. The van der Waals surface area contributed by atoms with E-state index in [1.54, 1.807) is 19.1 Å². The SMILES string of the molecule is COC(=O)Cc1nc(-c2cccc(F)c2)oc1C. The summed E-state index contributed by atoms with van der Waals surface area (Å²) < 4.78 is 23.1. The van der Waals surface area contributed by atoms with Gasteiger partial charge in [0.25, 0.3) is 0 Å². The molecule has 0 N–H and O–H groups in total. The van der Waals surface area contributed by atoms with Crippen LogP contribution in [0, 0.1) is 12.7 Å². The Morgan fingerprint density at radius 2 is 2.28 bits per heavy atom. The van der Waals surface area contributed by atoms with Gasteiger partial charge in [-0.2, -0.15) is 0 Å². The van der Waals surface area contributed by atoms with E-state index in [0.717, 1.165) is 0 Å². The minimum Gasteiger partial charge on any atom is -0.469 e. The highest BCUT2D eigenvalue weighted by atomic mass is 19.1. The van der Waals surface area contributed by atoms with Crippen molar-refractivity contribution in [3.8, 4) is 11.5 Å². The van der Waals surface area contributed by atoms with Crippen LogP contribution in [-0.2, 0) is 16.0 Å². The van der Waals surface area contributed by atoms with Crippen molar-refractivity contribution in [3.63, 3.8) is 0 Å². The Kier molecular flexibility index (Phi) is 3.41. The Balaban J connectivity index is 2.31. The molecule has 0 saturated carbocycles. The van der Waals surface area contributed by atoms with Crippen molar-refractivity contribution in [2.45, 2.75) is 13.3 Å². The fourth-order valence-electron chi connectivity index (χ4n) is 1.55. The van der Waals surface area contributed by atoms with Crippen molar-refractivity contribution in [1.29, 1.82) is 0 Å². The van der Waals surface area contributed by atoms with E-state index in [4.69, 9.17) is 4.42 Å². The second-order valence-electron chi connectivity index (χ2n) is 3.79. The monoisotopic (exact) mass is 249 g/mol. The van der Waals surface area contributed by atoms with Gasteiger partial charge < -0.3 is 9.15 Å². The number of ether oxygens (including phenoxy) is 1. The highest BCUT2D eigenvalue weighted by Gasteiger charge is 2.15. The van der Waals surface area contributed by atoms with Crippen LogP contribution < -0.4 is 0 Å². The molecule has 0 fully saturated rings. The first-order valence-corrected chi connectivity index (χ1v) is 5.39. The van der Waals surface area contributed by atoms with Gasteiger partial charge in [-0.15, -0.1) is 0 Å². The first kappa shape index (κ1) is 12.3. The molecule has 0 bridgehead atoms. The third-order valence-electron chi connectivity index (χ3n) is 2.50. The summed E-state index contributed by atoms with van der Waals surface area (Å²) in [7, 11) is 1.31. The summed E-state index contributed by atoms with van der Waals surface area (Å²) in [5.74, 6) is 0.0700. The maximum Gasteiger partial charge on any atom is 0.311 e. The number of hydrogen-bond donors (Lipinski definition) is 0. The topological polar surface area (TPSA) is 52.3 Å². The minimum atomic E-state index is -0.391. The number of carbonyl (C=O) groups excluding carboxylic acids is 1. The first-order valence-electron chi connectivity index (χ1n) is 5.39. The van der Waals surface area contributed by atoms with Crippen molar-refractivity contribution in [3.05, 3.63) is 41.5 Å². The fraction of sp³-hybridized carbons (Fsp3) is 0.231. The second kappa shape index (κ2) is 5.00. The van der Waals surface area contributed by atoms with Crippen molar-refractivity contribution in [2.24, 2.45) is 0 Å². The smallest absolute Gasteiger partial charge is 0.311 e. The van der Waals surface area contributed by atoms with Gasteiger partial charge >= 0.3 is 5.97 Å². The summed E-state index contributed by atoms with van der Waals surface area (Å²) in [6, 6.07) is 5.93. The van der Waals surface area contributed by atoms with Gasteiger partial charge in [-0.1, -0.05) is 6.07 Å². The van der Waals surface area contributed by atoms with Crippen LogP contribution in [-0.4, -0.2) is 18.1 Å². The van der Waals surface area contributed by atoms with E-state index in [0.29, 0.717) is 22.9 Å². The molecule has 2 rings (SSSR count). The Morgan fingerprint density at radius 3 is 2.94 bits per heavy atom. The van der Waals surface area contributed by atoms with Crippen molar-refractivity contribution in [1.82, 2.24) is 4.98 Å². The molecule has 0 atom stereocenters. The number of methoxy groups -OCH3 is 1. The van der Waals surface area contributed by atoms with E-state index in [-0.39, 0.29) is 12.2 Å². The zero-order chi connectivity index (χ0) is 13.1. The number of rotatable bonds is 3. The summed E-state index contributed by atoms with van der Waals surface area (Å²) in [4.78, 5) is 15.3. The summed E-state index contributed by atoms with van der Waals surface area (Å²) in [6.07, 6.45) is 0.0428. The van der Waals surface area contributed by atoms with Crippen LogP contribution in [0.25, 0.3) is 11.5 Å². The van der Waals surface area contributed by atoms with Crippen LogP contribution in [0.4, 0.5) is 4.39 Å². The largest absolute Gasteiger partial charge is 0.469 e. The summed E-state index contributed by atoms with van der Waals surface area (Å²) in [5, 5.41) is 0. The molecule has 1 aromatic heterocycles. The molecule has 1 aromatic carbocycles. The Hall–Kier alpha value is -2.17. The highest BCUT2D eigenvalue weighted by molar-refractivity contribution is 5.72. The van der Waals surface area contributed by atoms with Crippen LogP contribution in [0.1, 0.15) is 11.5 Å². The van der Waals surface area contributed by atoms with Crippen LogP contribution in [0.15, 0.2) is 28.7 Å². The molecule has 0 aliphatic heterocycles. The van der Waals surface area contributed by atoms with Gasteiger partial charge in [-0.3, -0.25) is 4.79 Å². The van der Waals surface area contributed by atoms with E-state index in [1.165, 1.54) is 19.2 Å². The fourth-order valence-corrected chi connectivity index (χ4v) is 1.55. The Morgan fingerprint density at radius 1 is 1.50 bits per heavy atom. The van der Waals surface area contributed by atoms with Crippen molar-refractivity contribution >= 4 is 5.97 Å². The average molecular weight is 249 g/mol. The van der Waals surface area contributed by atoms with Gasteiger partial charge in [0.2, 0.25) is 5.89 Å². The van der Waals surface area contributed by atoms with Gasteiger partial charge in [0.05, 0.1) is 19.2 Å². The quantitative estimate of drug-likeness (QED) is 0.784. The molecule has 4 nitrogen and oxygen atoms in total. The summed E-state index contributed by atoms with van der Waals surface area (Å²) in [6.45, 7) is 1.70. The lowest BCUT2D eigenvalue weighted by Gasteiger charge is -1.95. The molecule has 5 heteroatoms. The summed E-state index contributed by atoms with van der Waals surface area (Å²) in [5.41, 5.74) is 1.04. The van der Waals surface area contributed by atoms with Crippen LogP contribution >= 0.6 is 0 Å². The number of benzene rings is 1. The zero-order valence-electron chi connectivity index (χ0n) is 10.1. The van der Waals surface area contributed by atoms with Gasteiger partial charge in [-0.05, 0) is 25.1 Å². The molecule has 0 amide bonds. The number of halogens is 1. The predicted octanol–water partition coefficient (Wildman–Crippen LogP) is 2.50. The van der Waals surface area contributed by atoms with E-state index >= 15 is 0 Å². The number of oxazole rings is 1. The Bertz CT molecular complexity index is 577. The lowest BCUT2D eigenvalue weighted by molar-refractivity contribution is -0.139. The van der Waals surface area contributed by atoms with Crippen LogP contribution in [0.5, 0.6) is 0 Å². The third kappa shape index (κ3) is 2.56. The van der Waals surface area contributed by atoms with Gasteiger partial charge in [0, 0.05) is 5.56 Å². The van der Waals surface area contributed by atoms with Crippen LogP contribution in [0.2, 0.25) is 0 Å². The lowest BCUT2D eigenvalue weighted by Crippen LogP contribution is -2.05. The molecule has 18 heavy (non-hydrogen) atoms. The molecule has 0 saturated heterocycles. The Labute approximate surface area is 103 Å². The van der Waals surface area contributed by atoms with Crippen molar-refractivity contribution < 1.29 is 18.3 Å². The molecule has 1 heterocycles. The van der Waals surface area contributed by atoms with Crippen LogP contribution in [0.3, 0.4) is 0 Å². The highest BCUT2D eigenvalue weighted by Crippen LogP contribution is 2.22. The molecular weight excluding hydrogens is 237 g/mol. The molecule has 0 radical (unpaired) electrons. The zero-order valence-corrected chi connectivity index (χ0v) is 10.1. The lowest BCUT2D eigenvalue weighted by atomic mass is 10.2. The summed E-state index contributed by atoms with van der Waals surface area (Å²) >= 11 is 0. The third-order valence-corrected chi connectivity index (χ3v) is 2.50. The molecule has 0 aliphatic rings. The minimum absolute atomic E-state index is 0.0428.